The van der Waals surface area contributed by atoms with Gasteiger partial charge in [-0.3, -0.25) is 20.0 Å². The van der Waals surface area contributed by atoms with Crippen LogP contribution in [0.4, 0.5) is 0 Å². The third-order valence-electron chi connectivity index (χ3n) is 5.49. The third-order valence-corrected chi connectivity index (χ3v) is 6.41. The predicted molar refractivity (Wildman–Crippen MR) is 144 cm³/mol. The molecule has 0 spiro atoms. The summed E-state index contributed by atoms with van der Waals surface area (Å²) in [5.74, 6) is -0.320. The molecule has 5 N–H and O–H groups in total. The Morgan fingerprint density at radius 1 is 1.14 bits per heavy atom. The van der Waals surface area contributed by atoms with Gasteiger partial charge in [0, 0.05) is 42.9 Å². The van der Waals surface area contributed by atoms with E-state index in [9.17, 15) is 9.59 Å². The van der Waals surface area contributed by atoms with Crippen LogP contribution in [0.25, 0.3) is 16.1 Å². The lowest BCUT2D eigenvalue weighted by atomic mass is 9.97. The van der Waals surface area contributed by atoms with Crippen LogP contribution in [0.3, 0.4) is 0 Å². The molecule has 0 fully saturated rings. The van der Waals surface area contributed by atoms with Crippen LogP contribution < -0.4 is 21.9 Å². The van der Waals surface area contributed by atoms with E-state index in [1.807, 2.05) is 48.7 Å². The standard InChI is InChI=1S/C27H31N5O2S/c1-18(31-27(34)23-8-5-4-7-19(23)10-11-26(33)32-30-3)20-15-21(24(28)12-13-29-2)17-22(16-20)25-9-6-14-35-25/h4-9,12-18,30H,10-11,28H2,1-3H3,(H,31,34)(H,32,33)/b24-12-,29-13?. The number of hydrogen-bond donors (Lipinski definition) is 4. The van der Waals surface area contributed by atoms with Crippen molar-refractivity contribution >= 4 is 35.1 Å². The maximum Gasteiger partial charge on any atom is 0.252 e. The zero-order valence-electron chi connectivity index (χ0n) is 20.2. The molecule has 0 radical (unpaired) electrons. The largest absolute Gasteiger partial charge is 0.398 e. The number of amides is 2. The van der Waals surface area contributed by atoms with Crippen LogP contribution in [0.15, 0.2) is 71.0 Å². The number of benzene rings is 2. The van der Waals surface area contributed by atoms with Gasteiger partial charge in [-0.1, -0.05) is 24.3 Å². The molecule has 0 aliphatic heterocycles. The van der Waals surface area contributed by atoms with Crippen LogP contribution in [-0.2, 0) is 11.2 Å². The molecule has 3 aromatic rings. The summed E-state index contributed by atoms with van der Waals surface area (Å²) in [6.07, 6.45) is 4.16. The van der Waals surface area contributed by atoms with Gasteiger partial charge in [0.1, 0.15) is 0 Å². The van der Waals surface area contributed by atoms with Crippen molar-refractivity contribution in [3.63, 3.8) is 0 Å². The van der Waals surface area contributed by atoms with Gasteiger partial charge in [0.25, 0.3) is 5.91 Å². The molecule has 0 bridgehead atoms. The maximum absolute atomic E-state index is 13.2. The van der Waals surface area contributed by atoms with Gasteiger partial charge in [0.2, 0.25) is 5.91 Å². The summed E-state index contributed by atoms with van der Waals surface area (Å²) in [5, 5.41) is 5.14. The molecular formula is C27H31N5O2S. The second kappa shape index (κ2) is 12.6. The minimum absolute atomic E-state index is 0.132. The fraction of sp³-hybridized carbons (Fsp3) is 0.222. The lowest BCUT2D eigenvalue weighted by Gasteiger charge is -2.18. The zero-order valence-corrected chi connectivity index (χ0v) is 21.0. The number of hydrogen-bond acceptors (Lipinski definition) is 6. The van der Waals surface area contributed by atoms with Gasteiger partial charge in [0.05, 0.1) is 6.04 Å². The number of aryl methyl sites for hydroxylation is 1. The first-order chi connectivity index (χ1) is 16.9. The van der Waals surface area contributed by atoms with Gasteiger partial charge in [-0.15, -0.1) is 11.3 Å². The summed E-state index contributed by atoms with van der Waals surface area (Å²) >= 11 is 1.65. The number of aliphatic imine (C=N–C) groups is 1. The van der Waals surface area contributed by atoms with Crippen LogP contribution >= 0.6 is 11.3 Å². The Morgan fingerprint density at radius 2 is 1.94 bits per heavy atom. The Bertz CT molecular complexity index is 1220. The molecule has 2 amide bonds. The van der Waals surface area contributed by atoms with Crippen LogP contribution in [0.5, 0.6) is 0 Å². The number of carbonyl (C=O) groups excluding carboxylic acids is 2. The van der Waals surface area contributed by atoms with Crippen molar-refractivity contribution < 1.29 is 9.59 Å². The summed E-state index contributed by atoms with van der Waals surface area (Å²) in [6, 6.07) is 17.3. The van der Waals surface area contributed by atoms with E-state index in [0.717, 1.165) is 27.1 Å². The van der Waals surface area contributed by atoms with Crippen LogP contribution in [0.1, 0.15) is 46.4 Å². The van der Waals surface area contributed by atoms with Crippen molar-refractivity contribution in [2.75, 3.05) is 14.1 Å². The highest BCUT2D eigenvalue weighted by atomic mass is 32.1. The number of rotatable bonds is 10. The highest BCUT2D eigenvalue weighted by molar-refractivity contribution is 7.13. The topological polar surface area (TPSA) is 109 Å². The quantitative estimate of drug-likeness (QED) is 0.254. The molecule has 2 aromatic carbocycles. The smallest absolute Gasteiger partial charge is 0.252 e. The van der Waals surface area contributed by atoms with Crippen molar-refractivity contribution in [3.8, 4) is 10.4 Å². The van der Waals surface area contributed by atoms with Gasteiger partial charge in [-0.2, -0.15) is 0 Å². The Kier molecular flexibility index (Phi) is 9.34. The summed E-state index contributed by atoms with van der Waals surface area (Å²) in [4.78, 5) is 30.2. The number of nitrogens with one attached hydrogen (secondary N) is 3. The molecule has 35 heavy (non-hydrogen) atoms. The number of carbonyl (C=O) groups is 2. The SMILES string of the molecule is CN=C/C=C(\N)c1cc(-c2cccs2)cc(C(C)NC(=O)c2ccccc2CCC(=O)NNC)c1. The zero-order chi connectivity index (χ0) is 25.2. The van der Waals surface area contributed by atoms with Crippen molar-refractivity contribution in [1.82, 2.24) is 16.2 Å². The number of thiophene rings is 1. The average Bonchev–Trinajstić information content (AvgIpc) is 3.41. The van der Waals surface area contributed by atoms with Crippen molar-refractivity contribution in [3.05, 3.63) is 88.3 Å². The molecule has 0 saturated carbocycles. The van der Waals surface area contributed by atoms with E-state index in [2.05, 4.69) is 33.3 Å². The molecule has 1 atom stereocenters. The molecule has 182 valence electrons. The summed E-state index contributed by atoms with van der Waals surface area (Å²) in [6.45, 7) is 1.95. The van der Waals surface area contributed by atoms with Crippen molar-refractivity contribution in [2.24, 2.45) is 10.7 Å². The molecule has 0 aliphatic rings. The summed E-state index contributed by atoms with van der Waals surface area (Å²) < 4.78 is 0. The molecular weight excluding hydrogens is 458 g/mol. The first kappa shape index (κ1) is 25.9. The predicted octanol–water partition coefficient (Wildman–Crippen LogP) is 4.09. The maximum atomic E-state index is 13.2. The van der Waals surface area contributed by atoms with Crippen molar-refractivity contribution in [2.45, 2.75) is 25.8 Å². The second-order valence-electron chi connectivity index (χ2n) is 8.00. The van der Waals surface area contributed by atoms with Crippen LogP contribution in [-0.4, -0.2) is 32.1 Å². The number of nitrogens with two attached hydrogens (primary N) is 1. The van der Waals surface area contributed by atoms with Gasteiger partial charge >= 0.3 is 0 Å². The Hall–Kier alpha value is -3.75. The van der Waals surface area contributed by atoms with Gasteiger partial charge in [0.15, 0.2) is 0 Å². The highest BCUT2D eigenvalue weighted by Crippen LogP contribution is 2.30. The lowest BCUT2D eigenvalue weighted by molar-refractivity contribution is -0.121. The van der Waals surface area contributed by atoms with E-state index < -0.39 is 0 Å². The van der Waals surface area contributed by atoms with Crippen LogP contribution in [0, 0.1) is 0 Å². The minimum Gasteiger partial charge on any atom is -0.398 e. The lowest BCUT2D eigenvalue weighted by Crippen LogP contribution is -2.34. The van der Waals surface area contributed by atoms with Gasteiger partial charge in [-0.25, -0.2) is 5.43 Å². The highest BCUT2D eigenvalue weighted by Gasteiger charge is 2.17. The van der Waals surface area contributed by atoms with E-state index in [1.165, 1.54) is 0 Å². The molecule has 1 unspecified atom stereocenters. The third kappa shape index (κ3) is 7.11. The number of allylic oxidation sites excluding steroid dienone is 1. The second-order valence-corrected chi connectivity index (χ2v) is 8.95. The Labute approximate surface area is 210 Å². The Balaban J connectivity index is 1.86. The van der Waals surface area contributed by atoms with Crippen molar-refractivity contribution in [1.29, 1.82) is 0 Å². The molecule has 1 aromatic heterocycles. The Morgan fingerprint density at radius 3 is 2.66 bits per heavy atom. The van der Waals surface area contributed by atoms with E-state index in [4.69, 9.17) is 5.73 Å². The minimum atomic E-state index is -0.269. The molecule has 0 saturated heterocycles. The summed E-state index contributed by atoms with van der Waals surface area (Å²) in [7, 11) is 3.33. The normalized spacial score (nSPS) is 12.5. The fourth-order valence-corrected chi connectivity index (χ4v) is 4.39. The molecule has 1 heterocycles. The molecule has 8 heteroatoms. The van der Waals surface area contributed by atoms with E-state index >= 15 is 0 Å². The van der Waals surface area contributed by atoms with Gasteiger partial charge in [-0.05, 0) is 77.4 Å². The fourth-order valence-electron chi connectivity index (χ4n) is 3.67. The van der Waals surface area contributed by atoms with E-state index in [-0.39, 0.29) is 24.3 Å². The first-order valence-electron chi connectivity index (χ1n) is 11.3. The monoisotopic (exact) mass is 489 g/mol. The number of nitrogens with zero attached hydrogens (tertiary/aromatic N) is 1. The molecule has 0 aliphatic carbocycles. The van der Waals surface area contributed by atoms with Gasteiger partial charge < -0.3 is 11.1 Å². The van der Waals surface area contributed by atoms with E-state index in [0.29, 0.717) is 17.7 Å². The summed E-state index contributed by atoms with van der Waals surface area (Å²) in [5.41, 5.74) is 16.3. The molecule has 3 rings (SSSR count). The first-order valence-corrected chi connectivity index (χ1v) is 12.2. The number of hydrazine groups is 1. The average molecular weight is 490 g/mol. The van der Waals surface area contributed by atoms with E-state index in [1.54, 1.807) is 43.8 Å². The van der Waals surface area contributed by atoms with Crippen LogP contribution in [0.2, 0.25) is 0 Å². The molecule has 7 nitrogen and oxygen atoms in total.